The van der Waals surface area contributed by atoms with Crippen LogP contribution in [0.2, 0.25) is 0 Å². The molecule has 0 aromatic carbocycles. The summed E-state index contributed by atoms with van der Waals surface area (Å²) in [6, 6.07) is 2.79. The number of aryl methyl sites for hydroxylation is 3. The number of morpholine rings is 1. The first kappa shape index (κ1) is 14.9. The van der Waals surface area contributed by atoms with E-state index in [0.717, 1.165) is 56.4 Å². The Balaban J connectivity index is 1.63. The van der Waals surface area contributed by atoms with Gasteiger partial charge in [0.15, 0.2) is 5.65 Å². The molecule has 2 saturated heterocycles. The molecule has 0 spiro atoms. The lowest BCUT2D eigenvalue weighted by Gasteiger charge is -2.32. The van der Waals surface area contributed by atoms with Gasteiger partial charge in [0.1, 0.15) is 5.82 Å². The summed E-state index contributed by atoms with van der Waals surface area (Å²) in [5, 5.41) is 4.71. The summed E-state index contributed by atoms with van der Waals surface area (Å²) in [6.45, 7) is 12.2. The highest BCUT2D eigenvalue weighted by molar-refractivity contribution is 5.57. The van der Waals surface area contributed by atoms with Gasteiger partial charge in [-0.1, -0.05) is 0 Å². The summed E-state index contributed by atoms with van der Waals surface area (Å²) in [4.78, 5) is 9.73. The van der Waals surface area contributed by atoms with E-state index in [9.17, 15) is 0 Å². The number of rotatable bonds is 2. The summed E-state index contributed by atoms with van der Waals surface area (Å²) in [5.74, 6) is 1.18. The third-order valence-electron chi connectivity index (χ3n) is 5.22. The Labute approximate surface area is 137 Å². The van der Waals surface area contributed by atoms with Gasteiger partial charge in [0, 0.05) is 49.5 Å². The topological polar surface area (TPSA) is 45.9 Å². The van der Waals surface area contributed by atoms with Crippen LogP contribution in [0, 0.1) is 20.8 Å². The minimum Gasteiger partial charge on any atom is -0.379 e. The molecule has 1 atom stereocenters. The molecule has 2 aliphatic heterocycles. The van der Waals surface area contributed by atoms with Crippen LogP contribution in [0.25, 0.3) is 5.65 Å². The second-order valence-corrected chi connectivity index (χ2v) is 6.74. The molecule has 2 aliphatic rings. The van der Waals surface area contributed by atoms with Crippen LogP contribution in [-0.2, 0) is 4.74 Å². The van der Waals surface area contributed by atoms with Gasteiger partial charge in [-0.15, -0.1) is 0 Å². The largest absolute Gasteiger partial charge is 0.379 e. The van der Waals surface area contributed by atoms with Crippen molar-refractivity contribution in [3.05, 3.63) is 23.0 Å². The molecule has 4 heterocycles. The van der Waals surface area contributed by atoms with Gasteiger partial charge in [-0.25, -0.2) is 4.98 Å². The lowest BCUT2D eigenvalue weighted by atomic mass is 10.2. The maximum Gasteiger partial charge on any atom is 0.160 e. The molecule has 0 N–H and O–H groups in total. The molecule has 0 unspecified atom stereocenters. The van der Waals surface area contributed by atoms with Crippen LogP contribution in [0.15, 0.2) is 6.07 Å². The van der Waals surface area contributed by atoms with Crippen molar-refractivity contribution >= 4 is 11.5 Å². The number of aromatic nitrogens is 3. The normalized spacial score (nSPS) is 23.1. The van der Waals surface area contributed by atoms with Gasteiger partial charge in [-0.05, 0) is 27.2 Å². The molecule has 6 nitrogen and oxygen atoms in total. The summed E-state index contributed by atoms with van der Waals surface area (Å²) >= 11 is 0. The number of anilines is 1. The summed E-state index contributed by atoms with van der Waals surface area (Å²) < 4.78 is 7.51. The molecule has 0 radical (unpaired) electrons. The smallest absolute Gasteiger partial charge is 0.160 e. The van der Waals surface area contributed by atoms with E-state index in [-0.39, 0.29) is 0 Å². The number of hydrogen-bond donors (Lipinski definition) is 0. The van der Waals surface area contributed by atoms with Gasteiger partial charge in [-0.3, -0.25) is 4.90 Å². The van der Waals surface area contributed by atoms with Crippen LogP contribution in [0.1, 0.15) is 23.4 Å². The number of nitrogens with zero attached hydrogens (tertiary/aromatic N) is 5. The lowest BCUT2D eigenvalue weighted by molar-refractivity contribution is 0.0209. The first-order valence-electron chi connectivity index (χ1n) is 8.54. The Morgan fingerprint density at radius 1 is 1.13 bits per heavy atom. The maximum absolute atomic E-state index is 5.48. The number of ether oxygens (including phenoxy) is 1. The molecule has 0 bridgehead atoms. The van der Waals surface area contributed by atoms with Gasteiger partial charge in [0.05, 0.1) is 18.9 Å². The molecule has 0 amide bonds. The van der Waals surface area contributed by atoms with Gasteiger partial charge in [0.2, 0.25) is 0 Å². The van der Waals surface area contributed by atoms with Crippen molar-refractivity contribution < 1.29 is 4.74 Å². The van der Waals surface area contributed by atoms with E-state index in [1.807, 2.05) is 4.52 Å². The van der Waals surface area contributed by atoms with Crippen LogP contribution < -0.4 is 4.90 Å². The monoisotopic (exact) mass is 315 g/mol. The van der Waals surface area contributed by atoms with Crippen LogP contribution in [0.5, 0.6) is 0 Å². The molecular formula is C17H25N5O. The summed E-state index contributed by atoms with van der Waals surface area (Å²) in [6.07, 6.45) is 1.21. The molecule has 2 aromatic heterocycles. The van der Waals surface area contributed by atoms with E-state index in [4.69, 9.17) is 9.84 Å². The second-order valence-electron chi connectivity index (χ2n) is 6.74. The molecule has 124 valence electrons. The summed E-state index contributed by atoms with van der Waals surface area (Å²) in [7, 11) is 0. The molecule has 6 heteroatoms. The second kappa shape index (κ2) is 5.76. The highest BCUT2D eigenvalue weighted by atomic mass is 16.5. The maximum atomic E-state index is 5.48. The van der Waals surface area contributed by atoms with Crippen LogP contribution in [0.4, 0.5) is 5.82 Å². The fourth-order valence-electron chi connectivity index (χ4n) is 3.75. The average Bonchev–Trinajstić information content (AvgIpc) is 3.15. The predicted molar refractivity (Wildman–Crippen MR) is 90.2 cm³/mol. The molecule has 2 aromatic rings. The third-order valence-corrected chi connectivity index (χ3v) is 5.22. The SMILES string of the molecule is Cc1cc(N2CC[C@@H](N3CCOCC3)C2)n2nc(C)c(C)c2n1. The van der Waals surface area contributed by atoms with Gasteiger partial charge >= 0.3 is 0 Å². The van der Waals surface area contributed by atoms with Crippen molar-refractivity contribution in [2.75, 3.05) is 44.3 Å². The van der Waals surface area contributed by atoms with E-state index in [1.165, 1.54) is 17.8 Å². The molecule has 23 heavy (non-hydrogen) atoms. The zero-order chi connectivity index (χ0) is 16.0. The van der Waals surface area contributed by atoms with Crippen LogP contribution in [0.3, 0.4) is 0 Å². The predicted octanol–water partition coefficient (Wildman–Crippen LogP) is 1.57. The van der Waals surface area contributed by atoms with Crippen molar-refractivity contribution in [1.29, 1.82) is 0 Å². The minimum atomic E-state index is 0.625. The van der Waals surface area contributed by atoms with Gasteiger partial charge in [-0.2, -0.15) is 9.61 Å². The fraction of sp³-hybridized carbons (Fsp3) is 0.647. The van der Waals surface area contributed by atoms with Crippen molar-refractivity contribution in [2.45, 2.75) is 33.2 Å². The average molecular weight is 315 g/mol. The van der Waals surface area contributed by atoms with Crippen molar-refractivity contribution in [3.8, 4) is 0 Å². The Hall–Kier alpha value is -1.66. The number of hydrogen-bond acceptors (Lipinski definition) is 5. The Kier molecular flexibility index (Phi) is 3.73. The van der Waals surface area contributed by atoms with Crippen molar-refractivity contribution in [3.63, 3.8) is 0 Å². The Bertz CT molecular complexity index is 719. The van der Waals surface area contributed by atoms with E-state index in [2.05, 4.69) is 41.6 Å². The molecule has 0 saturated carbocycles. The van der Waals surface area contributed by atoms with E-state index >= 15 is 0 Å². The van der Waals surface area contributed by atoms with Crippen molar-refractivity contribution in [2.24, 2.45) is 0 Å². The van der Waals surface area contributed by atoms with Gasteiger partial charge < -0.3 is 9.64 Å². The van der Waals surface area contributed by atoms with Crippen molar-refractivity contribution in [1.82, 2.24) is 19.5 Å². The van der Waals surface area contributed by atoms with Crippen LogP contribution in [-0.4, -0.2) is 64.9 Å². The zero-order valence-corrected chi connectivity index (χ0v) is 14.2. The Morgan fingerprint density at radius 2 is 1.91 bits per heavy atom. The van der Waals surface area contributed by atoms with E-state index in [1.54, 1.807) is 0 Å². The molecule has 4 rings (SSSR count). The lowest BCUT2D eigenvalue weighted by Crippen LogP contribution is -2.44. The Morgan fingerprint density at radius 3 is 2.70 bits per heavy atom. The quantitative estimate of drug-likeness (QED) is 0.842. The highest BCUT2D eigenvalue weighted by Gasteiger charge is 2.30. The van der Waals surface area contributed by atoms with Crippen LogP contribution >= 0.6 is 0 Å². The van der Waals surface area contributed by atoms with E-state index in [0.29, 0.717) is 6.04 Å². The number of fused-ring (bicyclic) bond motifs is 1. The fourth-order valence-corrected chi connectivity index (χ4v) is 3.75. The minimum absolute atomic E-state index is 0.625. The third kappa shape index (κ3) is 2.60. The zero-order valence-electron chi connectivity index (χ0n) is 14.2. The first-order chi connectivity index (χ1) is 11.1. The highest BCUT2D eigenvalue weighted by Crippen LogP contribution is 2.26. The molecule has 2 fully saturated rings. The standard InChI is InChI=1S/C17H25N5O/c1-12-10-16(22-17(18-12)13(2)14(3)19-22)21-5-4-15(11-21)20-6-8-23-9-7-20/h10,15H,4-9,11H2,1-3H3/t15-/m1/s1. The van der Waals surface area contributed by atoms with E-state index < -0.39 is 0 Å². The molecule has 0 aliphatic carbocycles. The van der Waals surface area contributed by atoms with Gasteiger partial charge in [0.25, 0.3) is 0 Å². The first-order valence-corrected chi connectivity index (χ1v) is 8.54. The summed E-state index contributed by atoms with van der Waals surface area (Å²) in [5.41, 5.74) is 4.30. The molecular weight excluding hydrogens is 290 g/mol.